The first-order chi connectivity index (χ1) is 13.6. The predicted molar refractivity (Wildman–Crippen MR) is 128 cm³/mol. The summed E-state index contributed by atoms with van der Waals surface area (Å²) in [7, 11) is 0. The zero-order valence-corrected chi connectivity index (χ0v) is 20.8. The molecule has 0 bridgehead atoms. The number of fused-ring (bicyclic) bond motifs is 2. The molecule has 0 aromatic carbocycles. The Hall–Kier alpha value is -0.120. The number of halogens is 1. The van der Waals surface area contributed by atoms with Crippen molar-refractivity contribution in [3.8, 4) is 0 Å². The Morgan fingerprint density at radius 1 is 1.21 bits per heavy atom. The number of guanidine groups is 1. The van der Waals surface area contributed by atoms with Gasteiger partial charge >= 0.3 is 0 Å². The lowest BCUT2D eigenvalue weighted by atomic mass is 9.54. The maximum atomic E-state index is 6.13. The van der Waals surface area contributed by atoms with E-state index in [0.29, 0.717) is 29.4 Å². The van der Waals surface area contributed by atoms with E-state index in [2.05, 4.69) is 36.3 Å². The van der Waals surface area contributed by atoms with Gasteiger partial charge in [0.2, 0.25) is 0 Å². The Morgan fingerprint density at radius 2 is 2.00 bits per heavy atom. The van der Waals surface area contributed by atoms with Crippen molar-refractivity contribution in [1.29, 1.82) is 0 Å². The summed E-state index contributed by atoms with van der Waals surface area (Å²) < 4.78 is 12.1. The zero-order valence-electron chi connectivity index (χ0n) is 18.5. The van der Waals surface area contributed by atoms with Gasteiger partial charge in [0.25, 0.3) is 0 Å². The molecule has 4 unspecified atom stereocenters. The molecule has 4 atom stereocenters. The van der Waals surface area contributed by atoms with Crippen molar-refractivity contribution in [2.24, 2.45) is 22.2 Å². The van der Waals surface area contributed by atoms with Crippen molar-refractivity contribution in [1.82, 2.24) is 15.5 Å². The Labute approximate surface area is 194 Å². The van der Waals surface area contributed by atoms with Crippen molar-refractivity contribution in [3.63, 3.8) is 0 Å². The molecule has 7 heteroatoms. The monoisotopic (exact) mass is 520 g/mol. The van der Waals surface area contributed by atoms with Gasteiger partial charge in [0, 0.05) is 50.2 Å². The Bertz CT molecular complexity index is 553. The van der Waals surface area contributed by atoms with Crippen molar-refractivity contribution < 1.29 is 9.47 Å². The SMILES string of the molecule is CCNC(=NCC1CN(CC(C)C)CCO1)NC1C2CCOC2C12CCCC2.I. The molecule has 4 aliphatic rings. The molecular weight excluding hydrogens is 479 g/mol. The van der Waals surface area contributed by atoms with E-state index in [1.54, 1.807) is 0 Å². The second-order valence-electron chi connectivity index (χ2n) is 9.67. The lowest BCUT2D eigenvalue weighted by Crippen LogP contribution is -2.69. The van der Waals surface area contributed by atoms with Crippen LogP contribution in [0.4, 0.5) is 0 Å². The largest absolute Gasteiger partial charge is 0.377 e. The molecular formula is C22H41IN4O2. The number of aliphatic imine (C=N–C) groups is 1. The zero-order chi connectivity index (χ0) is 19.6. The van der Waals surface area contributed by atoms with Crippen LogP contribution < -0.4 is 10.6 Å². The topological polar surface area (TPSA) is 58.1 Å². The molecule has 2 aliphatic carbocycles. The fraction of sp³-hybridized carbons (Fsp3) is 0.955. The van der Waals surface area contributed by atoms with Crippen LogP contribution in [0.3, 0.4) is 0 Å². The van der Waals surface area contributed by atoms with Gasteiger partial charge in [0.15, 0.2) is 5.96 Å². The van der Waals surface area contributed by atoms with Crippen LogP contribution in [0.25, 0.3) is 0 Å². The third kappa shape index (κ3) is 5.04. The van der Waals surface area contributed by atoms with Gasteiger partial charge < -0.3 is 20.1 Å². The lowest BCUT2D eigenvalue weighted by molar-refractivity contribution is -0.125. The Balaban J connectivity index is 0.00000240. The van der Waals surface area contributed by atoms with Gasteiger partial charge in [-0.05, 0) is 32.1 Å². The second-order valence-corrected chi connectivity index (χ2v) is 9.67. The third-order valence-corrected chi connectivity index (χ3v) is 7.22. The van der Waals surface area contributed by atoms with E-state index in [-0.39, 0.29) is 30.1 Å². The molecule has 4 rings (SSSR count). The Morgan fingerprint density at radius 3 is 2.72 bits per heavy atom. The van der Waals surface area contributed by atoms with Crippen molar-refractivity contribution >= 4 is 29.9 Å². The van der Waals surface area contributed by atoms with Gasteiger partial charge in [-0.15, -0.1) is 24.0 Å². The molecule has 168 valence electrons. The van der Waals surface area contributed by atoms with Crippen LogP contribution in [0.5, 0.6) is 0 Å². The van der Waals surface area contributed by atoms with E-state index < -0.39 is 0 Å². The van der Waals surface area contributed by atoms with E-state index in [1.807, 2.05) is 0 Å². The summed E-state index contributed by atoms with van der Waals surface area (Å²) in [6.45, 7) is 13.3. The van der Waals surface area contributed by atoms with Gasteiger partial charge in [-0.2, -0.15) is 0 Å². The number of hydrogen-bond acceptors (Lipinski definition) is 4. The molecule has 0 aromatic rings. The summed E-state index contributed by atoms with van der Waals surface area (Å²) in [5, 5.41) is 7.31. The summed E-state index contributed by atoms with van der Waals surface area (Å²) in [4.78, 5) is 7.47. The van der Waals surface area contributed by atoms with Crippen LogP contribution in [-0.4, -0.2) is 75.0 Å². The molecule has 4 fully saturated rings. The standard InChI is InChI=1S/C22H40N4O2.HI/c1-4-23-21(24-13-17-15-26(10-12-27-17)14-16(2)3)25-19-18-7-11-28-20(18)22(19)8-5-6-9-22;/h16-20H,4-15H2,1-3H3,(H2,23,24,25);1H. The highest BCUT2D eigenvalue weighted by atomic mass is 127. The smallest absolute Gasteiger partial charge is 0.191 e. The fourth-order valence-electron chi connectivity index (χ4n) is 6.14. The molecule has 29 heavy (non-hydrogen) atoms. The minimum atomic E-state index is 0. The quantitative estimate of drug-likeness (QED) is 0.321. The lowest BCUT2D eigenvalue weighted by Gasteiger charge is -2.57. The van der Waals surface area contributed by atoms with Crippen LogP contribution in [0.1, 0.15) is 52.9 Å². The first-order valence-corrected chi connectivity index (χ1v) is 11.6. The van der Waals surface area contributed by atoms with Crippen molar-refractivity contribution in [2.75, 3.05) is 45.9 Å². The molecule has 1 spiro atoms. The van der Waals surface area contributed by atoms with Gasteiger partial charge in [0.1, 0.15) is 0 Å². The number of morpholine rings is 1. The molecule has 6 nitrogen and oxygen atoms in total. The Kier molecular flexibility index (Phi) is 8.49. The number of nitrogens with zero attached hydrogens (tertiary/aromatic N) is 2. The van der Waals surface area contributed by atoms with E-state index in [4.69, 9.17) is 14.5 Å². The minimum Gasteiger partial charge on any atom is -0.377 e. The summed E-state index contributed by atoms with van der Waals surface area (Å²) in [5.74, 6) is 2.33. The van der Waals surface area contributed by atoms with Crippen LogP contribution in [0.2, 0.25) is 0 Å². The molecule has 0 amide bonds. The first-order valence-electron chi connectivity index (χ1n) is 11.6. The summed E-state index contributed by atoms with van der Waals surface area (Å²) in [6, 6.07) is 0.519. The fourth-order valence-corrected chi connectivity index (χ4v) is 6.14. The van der Waals surface area contributed by atoms with Crippen molar-refractivity contribution in [2.45, 2.75) is 71.1 Å². The van der Waals surface area contributed by atoms with Crippen LogP contribution in [0.15, 0.2) is 4.99 Å². The maximum Gasteiger partial charge on any atom is 0.191 e. The number of ether oxygens (including phenoxy) is 2. The predicted octanol–water partition coefficient (Wildman–Crippen LogP) is 2.86. The minimum absolute atomic E-state index is 0. The van der Waals surface area contributed by atoms with Crippen LogP contribution >= 0.6 is 24.0 Å². The van der Waals surface area contributed by atoms with Gasteiger partial charge in [-0.1, -0.05) is 26.7 Å². The van der Waals surface area contributed by atoms with Crippen LogP contribution in [0, 0.1) is 17.3 Å². The van der Waals surface area contributed by atoms with Crippen molar-refractivity contribution in [3.05, 3.63) is 0 Å². The average Bonchev–Trinajstić information content (AvgIpc) is 3.32. The number of rotatable bonds is 6. The first kappa shape index (κ1) is 23.5. The molecule has 2 saturated heterocycles. The van der Waals surface area contributed by atoms with Gasteiger partial charge in [0.05, 0.1) is 25.4 Å². The molecule has 2 heterocycles. The summed E-state index contributed by atoms with van der Waals surface area (Å²) in [5.41, 5.74) is 0.354. The normalized spacial score (nSPS) is 34.0. The molecule has 2 N–H and O–H groups in total. The van der Waals surface area contributed by atoms with E-state index in [1.165, 1.54) is 32.1 Å². The second kappa shape index (κ2) is 10.5. The van der Waals surface area contributed by atoms with E-state index in [9.17, 15) is 0 Å². The highest BCUT2D eigenvalue weighted by Gasteiger charge is 2.65. The van der Waals surface area contributed by atoms with Gasteiger partial charge in [-0.25, -0.2) is 0 Å². The molecule has 2 aliphatic heterocycles. The summed E-state index contributed by atoms with van der Waals surface area (Å²) in [6.07, 6.45) is 7.19. The molecule has 0 aromatic heterocycles. The third-order valence-electron chi connectivity index (χ3n) is 7.22. The van der Waals surface area contributed by atoms with E-state index in [0.717, 1.165) is 51.9 Å². The van der Waals surface area contributed by atoms with Gasteiger partial charge in [-0.3, -0.25) is 9.89 Å². The number of nitrogens with one attached hydrogen (secondary N) is 2. The molecule has 2 saturated carbocycles. The van der Waals surface area contributed by atoms with Crippen LogP contribution in [-0.2, 0) is 9.47 Å². The number of hydrogen-bond donors (Lipinski definition) is 2. The maximum absolute atomic E-state index is 6.13. The molecule has 0 radical (unpaired) electrons. The average molecular weight is 521 g/mol. The summed E-state index contributed by atoms with van der Waals surface area (Å²) >= 11 is 0. The van der Waals surface area contributed by atoms with E-state index >= 15 is 0 Å². The highest BCUT2D eigenvalue weighted by Crippen LogP contribution is 2.60. The highest BCUT2D eigenvalue weighted by molar-refractivity contribution is 14.0.